The van der Waals surface area contributed by atoms with Crippen LogP contribution in [-0.2, 0) is 41.7 Å². The van der Waals surface area contributed by atoms with Crippen LogP contribution < -0.4 is 5.32 Å². The van der Waals surface area contributed by atoms with Gasteiger partial charge in [-0.25, -0.2) is 4.98 Å². The Morgan fingerprint density at radius 2 is 1.58 bits per heavy atom. The summed E-state index contributed by atoms with van der Waals surface area (Å²) < 4.78 is 0. The second-order valence-electron chi connectivity index (χ2n) is 7.48. The standard InChI is InChI=1S/C22H23N7O2S2/c30-17(11-16-13-23-14-24-16)12-21-28-26-19(32-21)8-4-5-9-20-27-29-22(33-20)25-18(31)10-15-6-2-1-3-7-15/h1-3,6-7,13-14H,4-5,8-12H2,(H,23,24)(H,25,29,31). The number of aromatic amines is 1. The largest absolute Gasteiger partial charge is 0.348 e. The summed E-state index contributed by atoms with van der Waals surface area (Å²) in [7, 11) is 0. The molecule has 0 aliphatic carbocycles. The monoisotopic (exact) mass is 481 g/mol. The average molecular weight is 482 g/mol. The second kappa shape index (κ2) is 11.5. The summed E-state index contributed by atoms with van der Waals surface area (Å²) in [5, 5.41) is 22.5. The van der Waals surface area contributed by atoms with Crippen LogP contribution in [0.2, 0.25) is 0 Å². The molecule has 9 nitrogen and oxygen atoms in total. The van der Waals surface area contributed by atoms with Crippen LogP contribution in [0.15, 0.2) is 42.9 Å². The number of aromatic nitrogens is 6. The van der Waals surface area contributed by atoms with Crippen molar-refractivity contribution in [3.63, 3.8) is 0 Å². The number of carbonyl (C=O) groups excluding carboxylic acids is 2. The molecule has 1 aromatic carbocycles. The van der Waals surface area contributed by atoms with E-state index in [1.54, 1.807) is 12.5 Å². The number of H-pyrrole nitrogens is 1. The van der Waals surface area contributed by atoms with Crippen molar-refractivity contribution in [1.82, 2.24) is 30.4 Å². The highest BCUT2D eigenvalue weighted by molar-refractivity contribution is 7.15. The van der Waals surface area contributed by atoms with Gasteiger partial charge < -0.3 is 10.3 Å². The van der Waals surface area contributed by atoms with Gasteiger partial charge in [-0.2, -0.15) is 0 Å². The topological polar surface area (TPSA) is 126 Å². The van der Waals surface area contributed by atoms with Crippen LogP contribution in [0.1, 0.15) is 39.1 Å². The Bertz CT molecular complexity index is 1170. The number of amides is 1. The van der Waals surface area contributed by atoms with Crippen LogP contribution in [0.25, 0.3) is 0 Å². The van der Waals surface area contributed by atoms with E-state index in [1.807, 2.05) is 30.3 Å². The van der Waals surface area contributed by atoms with Crippen LogP contribution in [0.3, 0.4) is 0 Å². The van der Waals surface area contributed by atoms with Crippen molar-refractivity contribution in [2.75, 3.05) is 5.32 Å². The van der Waals surface area contributed by atoms with Gasteiger partial charge >= 0.3 is 0 Å². The molecular formula is C22H23N7O2S2. The Kier molecular flexibility index (Phi) is 7.99. The molecule has 0 bridgehead atoms. The summed E-state index contributed by atoms with van der Waals surface area (Å²) in [5.41, 5.74) is 1.77. The predicted molar refractivity (Wildman–Crippen MR) is 126 cm³/mol. The number of anilines is 1. The van der Waals surface area contributed by atoms with E-state index >= 15 is 0 Å². The minimum atomic E-state index is -0.0981. The van der Waals surface area contributed by atoms with E-state index in [4.69, 9.17) is 0 Å². The number of nitrogens with zero attached hydrogens (tertiary/aromatic N) is 5. The quantitative estimate of drug-likeness (QED) is 0.298. The molecule has 33 heavy (non-hydrogen) atoms. The number of carbonyl (C=O) groups is 2. The average Bonchev–Trinajstić information content (AvgIpc) is 3.55. The molecule has 0 unspecified atom stereocenters. The Labute approximate surface area is 198 Å². The Morgan fingerprint density at radius 1 is 0.848 bits per heavy atom. The van der Waals surface area contributed by atoms with Crippen molar-refractivity contribution in [2.45, 2.75) is 44.9 Å². The van der Waals surface area contributed by atoms with Gasteiger partial charge in [0.2, 0.25) is 11.0 Å². The molecular weight excluding hydrogens is 458 g/mol. The van der Waals surface area contributed by atoms with Crippen molar-refractivity contribution >= 4 is 39.5 Å². The SMILES string of the molecule is O=C(Cc1cnc[nH]1)Cc1nnc(CCCCc2nnc(NC(=O)Cc3ccccc3)s2)s1. The molecule has 0 saturated heterocycles. The third kappa shape index (κ3) is 7.36. The van der Waals surface area contributed by atoms with E-state index in [9.17, 15) is 9.59 Å². The minimum Gasteiger partial charge on any atom is -0.348 e. The van der Waals surface area contributed by atoms with Crippen molar-refractivity contribution in [3.05, 3.63) is 69.1 Å². The lowest BCUT2D eigenvalue weighted by Crippen LogP contribution is -2.14. The van der Waals surface area contributed by atoms with E-state index in [0.717, 1.165) is 52.0 Å². The second-order valence-corrected chi connectivity index (χ2v) is 9.69. The molecule has 1 amide bonds. The first-order chi connectivity index (χ1) is 16.1. The molecule has 0 fully saturated rings. The zero-order chi connectivity index (χ0) is 22.9. The third-order valence-corrected chi connectivity index (χ3v) is 6.63. The highest BCUT2D eigenvalue weighted by atomic mass is 32.1. The van der Waals surface area contributed by atoms with Gasteiger partial charge in [-0.1, -0.05) is 41.7 Å². The van der Waals surface area contributed by atoms with Crippen molar-refractivity contribution < 1.29 is 9.59 Å². The number of hydrogen-bond donors (Lipinski definition) is 2. The fraction of sp³-hybridized carbons (Fsp3) is 0.318. The van der Waals surface area contributed by atoms with Gasteiger partial charge in [0.25, 0.3) is 0 Å². The summed E-state index contributed by atoms with van der Waals surface area (Å²) >= 11 is 2.90. The normalized spacial score (nSPS) is 10.9. The lowest BCUT2D eigenvalue weighted by atomic mass is 10.1. The van der Waals surface area contributed by atoms with Crippen LogP contribution in [0.5, 0.6) is 0 Å². The van der Waals surface area contributed by atoms with Crippen molar-refractivity contribution in [1.29, 1.82) is 0 Å². The van der Waals surface area contributed by atoms with Crippen molar-refractivity contribution in [3.8, 4) is 0 Å². The highest BCUT2D eigenvalue weighted by Crippen LogP contribution is 2.19. The summed E-state index contributed by atoms with van der Waals surface area (Å²) in [5.74, 6) is -0.0103. The third-order valence-electron chi connectivity index (χ3n) is 4.75. The summed E-state index contributed by atoms with van der Waals surface area (Å²) in [6.45, 7) is 0. The smallest absolute Gasteiger partial charge is 0.230 e. The van der Waals surface area contributed by atoms with Crippen LogP contribution in [0, 0.1) is 0 Å². The van der Waals surface area contributed by atoms with E-state index in [1.165, 1.54) is 22.7 Å². The molecule has 4 rings (SSSR count). The number of benzene rings is 1. The summed E-state index contributed by atoms with van der Waals surface area (Å²) in [6, 6.07) is 9.59. The Morgan fingerprint density at radius 3 is 2.33 bits per heavy atom. The van der Waals surface area contributed by atoms with E-state index < -0.39 is 0 Å². The number of rotatable bonds is 12. The van der Waals surface area contributed by atoms with Crippen LogP contribution in [-0.4, -0.2) is 42.1 Å². The first kappa shape index (κ1) is 22.9. The number of aryl methyl sites for hydroxylation is 2. The van der Waals surface area contributed by atoms with Gasteiger partial charge in [0.1, 0.15) is 20.8 Å². The first-order valence-corrected chi connectivity index (χ1v) is 12.2. The molecule has 0 aliphatic heterocycles. The molecule has 0 aliphatic rings. The number of imidazole rings is 1. The minimum absolute atomic E-state index is 0.0879. The van der Waals surface area contributed by atoms with Gasteiger partial charge in [-0.15, -0.1) is 31.7 Å². The molecule has 2 N–H and O–H groups in total. The molecule has 3 heterocycles. The molecule has 11 heteroatoms. The maximum atomic E-state index is 12.1. The molecule has 0 radical (unpaired) electrons. The van der Waals surface area contributed by atoms with Gasteiger partial charge in [0.15, 0.2) is 0 Å². The number of unbranched alkanes of at least 4 members (excludes halogenated alkanes) is 1. The molecule has 0 saturated carbocycles. The fourth-order valence-electron chi connectivity index (χ4n) is 3.19. The fourth-order valence-corrected chi connectivity index (χ4v) is 4.90. The summed E-state index contributed by atoms with van der Waals surface area (Å²) in [4.78, 5) is 31.1. The van der Waals surface area contributed by atoms with Crippen molar-refractivity contribution in [2.24, 2.45) is 0 Å². The predicted octanol–water partition coefficient (Wildman–Crippen LogP) is 3.21. The van der Waals surface area contributed by atoms with Crippen LogP contribution in [0.4, 0.5) is 5.13 Å². The number of ketones is 1. The van der Waals surface area contributed by atoms with E-state index in [2.05, 4.69) is 35.7 Å². The zero-order valence-corrected chi connectivity index (χ0v) is 19.5. The lowest BCUT2D eigenvalue weighted by molar-refractivity contribution is -0.118. The van der Waals surface area contributed by atoms with Gasteiger partial charge in [-0.3, -0.25) is 9.59 Å². The molecule has 0 spiro atoms. The number of Topliss-reactive ketones (excluding diaryl/α,β-unsaturated/α-hetero) is 1. The highest BCUT2D eigenvalue weighted by Gasteiger charge is 2.12. The van der Waals surface area contributed by atoms with Crippen LogP contribution >= 0.6 is 22.7 Å². The lowest BCUT2D eigenvalue weighted by Gasteiger charge is -2.00. The maximum Gasteiger partial charge on any atom is 0.230 e. The molecule has 3 aromatic heterocycles. The molecule has 170 valence electrons. The number of nitrogens with one attached hydrogen (secondary N) is 2. The van der Waals surface area contributed by atoms with Gasteiger partial charge in [0, 0.05) is 31.2 Å². The Hall–Kier alpha value is -3.31. The van der Waals surface area contributed by atoms with Gasteiger partial charge in [-0.05, 0) is 18.4 Å². The summed E-state index contributed by atoms with van der Waals surface area (Å²) in [6.07, 6.45) is 7.62. The number of hydrogen-bond acceptors (Lipinski definition) is 9. The molecule has 0 atom stereocenters. The Balaban J connectivity index is 1.14. The maximum absolute atomic E-state index is 12.1. The first-order valence-electron chi connectivity index (χ1n) is 10.6. The van der Waals surface area contributed by atoms with Gasteiger partial charge in [0.05, 0.1) is 19.2 Å². The van der Waals surface area contributed by atoms with E-state index in [0.29, 0.717) is 24.4 Å². The zero-order valence-electron chi connectivity index (χ0n) is 17.9. The molecule has 4 aromatic rings. The van der Waals surface area contributed by atoms with E-state index in [-0.39, 0.29) is 11.7 Å².